The lowest BCUT2D eigenvalue weighted by atomic mass is 10.0. The van der Waals surface area contributed by atoms with Crippen molar-refractivity contribution in [1.82, 2.24) is 4.90 Å². The highest BCUT2D eigenvalue weighted by molar-refractivity contribution is 5.77. The number of carbonyl (C=O) groups excluding carboxylic acids is 1. The lowest BCUT2D eigenvalue weighted by molar-refractivity contribution is -0.132. The SMILES string of the molecule is CC(C)c1cccc(OCC(=O)N(C)Cc2ccccc2)c1. The van der Waals surface area contributed by atoms with E-state index in [-0.39, 0.29) is 12.5 Å². The van der Waals surface area contributed by atoms with Crippen molar-refractivity contribution in [2.24, 2.45) is 0 Å². The van der Waals surface area contributed by atoms with Gasteiger partial charge >= 0.3 is 0 Å². The maximum absolute atomic E-state index is 12.1. The summed E-state index contributed by atoms with van der Waals surface area (Å²) in [4.78, 5) is 13.8. The van der Waals surface area contributed by atoms with Crippen LogP contribution in [0.2, 0.25) is 0 Å². The van der Waals surface area contributed by atoms with Gasteiger partial charge in [0.25, 0.3) is 5.91 Å². The highest BCUT2D eigenvalue weighted by atomic mass is 16.5. The molecule has 0 atom stereocenters. The fraction of sp³-hybridized carbons (Fsp3) is 0.316. The number of likely N-dealkylation sites (N-methyl/N-ethyl adjacent to an activating group) is 1. The van der Waals surface area contributed by atoms with Crippen LogP contribution >= 0.6 is 0 Å². The Hall–Kier alpha value is -2.29. The van der Waals surface area contributed by atoms with Crippen LogP contribution in [-0.4, -0.2) is 24.5 Å². The third kappa shape index (κ3) is 4.62. The summed E-state index contributed by atoms with van der Waals surface area (Å²) >= 11 is 0. The van der Waals surface area contributed by atoms with Gasteiger partial charge in [-0.1, -0.05) is 56.3 Å². The summed E-state index contributed by atoms with van der Waals surface area (Å²) in [6.45, 7) is 4.93. The average Bonchev–Trinajstić information content (AvgIpc) is 2.53. The molecule has 2 rings (SSSR count). The van der Waals surface area contributed by atoms with Gasteiger partial charge in [-0.3, -0.25) is 4.79 Å². The van der Waals surface area contributed by atoms with Crippen molar-refractivity contribution >= 4 is 5.91 Å². The number of hydrogen-bond donors (Lipinski definition) is 0. The van der Waals surface area contributed by atoms with E-state index in [1.54, 1.807) is 11.9 Å². The van der Waals surface area contributed by atoms with Gasteiger partial charge in [-0.25, -0.2) is 0 Å². The van der Waals surface area contributed by atoms with E-state index in [2.05, 4.69) is 19.9 Å². The summed E-state index contributed by atoms with van der Waals surface area (Å²) < 4.78 is 5.63. The van der Waals surface area contributed by atoms with Gasteiger partial charge in [-0.05, 0) is 29.2 Å². The molecule has 1 amide bonds. The smallest absolute Gasteiger partial charge is 0.260 e. The second kappa shape index (κ2) is 7.64. The molecule has 116 valence electrons. The topological polar surface area (TPSA) is 29.5 Å². The summed E-state index contributed by atoms with van der Waals surface area (Å²) in [5, 5.41) is 0. The van der Waals surface area contributed by atoms with E-state index < -0.39 is 0 Å². The molecule has 3 heteroatoms. The minimum Gasteiger partial charge on any atom is -0.484 e. The van der Waals surface area contributed by atoms with Crippen molar-refractivity contribution < 1.29 is 9.53 Å². The van der Waals surface area contributed by atoms with Gasteiger partial charge in [-0.2, -0.15) is 0 Å². The van der Waals surface area contributed by atoms with Crippen LogP contribution in [0, 0.1) is 0 Å². The Labute approximate surface area is 132 Å². The van der Waals surface area contributed by atoms with Gasteiger partial charge in [-0.15, -0.1) is 0 Å². The van der Waals surface area contributed by atoms with Gasteiger partial charge in [0.05, 0.1) is 0 Å². The minimum absolute atomic E-state index is 0.0289. The van der Waals surface area contributed by atoms with E-state index in [1.165, 1.54) is 5.56 Å². The molecule has 2 aromatic rings. The van der Waals surface area contributed by atoms with Gasteiger partial charge in [0, 0.05) is 13.6 Å². The number of rotatable bonds is 6. The summed E-state index contributed by atoms with van der Waals surface area (Å²) in [5.41, 5.74) is 2.32. The van der Waals surface area contributed by atoms with Crippen LogP contribution in [0.4, 0.5) is 0 Å². The van der Waals surface area contributed by atoms with Crippen molar-refractivity contribution in [3.63, 3.8) is 0 Å². The minimum atomic E-state index is -0.0289. The van der Waals surface area contributed by atoms with Crippen molar-refractivity contribution in [1.29, 1.82) is 0 Å². The van der Waals surface area contributed by atoms with Gasteiger partial charge in [0.2, 0.25) is 0 Å². The molecule has 3 nitrogen and oxygen atoms in total. The van der Waals surface area contributed by atoms with Crippen LogP contribution in [0.25, 0.3) is 0 Å². The normalized spacial score (nSPS) is 10.5. The number of benzene rings is 2. The molecule has 0 saturated heterocycles. The Morgan fingerprint density at radius 2 is 1.82 bits per heavy atom. The van der Waals surface area contributed by atoms with Crippen LogP contribution in [0.15, 0.2) is 54.6 Å². The molecule has 2 aromatic carbocycles. The van der Waals surface area contributed by atoms with E-state index >= 15 is 0 Å². The van der Waals surface area contributed by atoms with Crippen LogP contribution in [-0.2, 0) is 11.3 Å². The van der Waals surface area contributed by atoms with Crippen LogP contribution in [0.5, 0.6) is 5.75 Å². The Kier molecular flexibility index (Phi) is 5.59. The standard InChI is InChI=1S/C19H23NO2/c1-15(2)17-10-7-11-18(12-17)22-14-19(21)20(3)13-16-8-5-4-6-9-16/h4-12,15H,13-14H2,1-3H3. The molecule has 0 saturated carbocycles. The van der Waals surface area contributed by atoms with E-state index in [0.29, 0.717) is 12.5 Å². The molecular weight excluding hydrogens is 274 g/mol. The van der Waals surface area contributed by atoms with E-state index in [0.717, 1.165) is 11.3 Å². The maximum atomic E-state index is 12.1. The summed E-state index contributed by atoms with van der Waals surface area (Å²) in [7, 11) is 1.79. The van der Waals surface area contributed by atoms with Gasteiger partial charge in [0.15, 0.2) is 6.61 Å². The Morgan fingerprint density at radius 3 is 2.50 bits per heavy atom. The molecule has 0 aromatic heterocycles. The summed E-state index contributed by atoms with van der Waals surface area (Å²) in [6.07, 6.45) is 0. The first-order chi connectivity index (χ1) is 10.6. The van der Waals surface area contributed by atoms with Crippen molar-refractivity contribution in [3.05, 3.63) is 65.7 Å². The molecule has 0 aliphatic heterocycles. The first-order valence-electron chi connectivity index (χ1n) is 7.57. The van der Waals surface area contributed by atoms with E-state index in [1.807, 2.05) is 48.5 Å². The monoisotopic (exact) mass is 297 g/mol. The van der Waals surface area contributed by atoms with E-state index in [4.69, 9.17) is 4.74 Å². The molecule has 0 N–H and O–H groups in total. The third-order valence-corrected chi connectivity index (χ3v) is 3.58. The molecule has 0 radical (unpaired) electrons. The summed E-state index contributed by atoms with van der Waals surface area (Å²) in [6, 6.07) is 17.8. The quantitative estimate of drug-likeness (QED) is 0.810. The number of nitrogens with zero attached hydrogens (tertiary/aromatic N) is 1. The van der Waals surface area contributed by atoms with Gasteiger partial charge < -0.3 is 9.64 Å². The molecule has 0 aliphatic carbocycles. The molecule has 0 bridgehead atoms. The van der Waals surface area contributed by atoms with Gasteiger partial charge in [0.1, 0.15) is 5.75 Å². The molecule has 22 heavy (non-hydrogen) atoms. The zero-order valence-corrected chi connectivity index (χ0v) is 13.5. The second-order valence-electron chi connectivity index (χ2n) is 5.75. The lowest BCUT2D eigenvalue weighted by Gasteiger charge is -2.18. The average molecular weight is 297 g/mol. The molecule has 0 aliphatic rings. The number of carbonyl (C=O) groups is 1. The highest BCUT2D eigenvalue weighted by Gasteiger charge is 2.10. The molecule has 0 unspecified atom stereocenters. The lowest BCUT2D eigenvalue weighted by Crippen LogP contribution is -2.30. The molecular formula is C19H23NO2. The number of hydrogen-bond acceptors (Lipinski definition) is 2. The Bertz CT molecular complexity index is 608. The Morgan fingerprint density at radius 1 is 1.09 bits per heavy atom. The first kappa shape index (κ1) is 16.1. The zero-order chi connectivity index (χ0) is 15.9. The van der Waals surface area contributed by atoms with Crippen molar-refractivity contribution in [2.45, 2.75) is 26.3 Å². The highest BCUT2D eigenvalue weighted by Crippen LogP contribution is 2.20. The zero-order valence-electron chi connectivity index (χ0n) is 13.5. The molecule has 0 fully saturated rings. The largest absolute Gasteiger partial charge is 0.484 e. The Balaban J connectivity index is 1.88. The number of amides is 1. The fourth-order valence-electron chi connectivity index (χ4n) is 2.16. The molecule has 0 heterocycles. The number of ether oxygens (including phenoxy) is 1. The van der Waals surface area contributed by atoms with Crippen molar-refractivity contribution in [3.8, 4) is 5.75 Å². The summed E-state index contributed by atoms with van der Waals surface area (Å²) in [5.74, 6) is 1.16. The van der Waals surface area contributed by atoms with Crippen molar-refractivity contribution in [2.75, 3.05) is 13.7 Å². The maximum Gasteiger partial charge on any atom is 0.260 e. The van der Waals surface area contributed by atoms with Crippen LogP contribution in [0.3, 0.4) is 0 Å². The van der Waals surface area contributed by atoms with E-state index in [9.17, 15) is 4.79 Å². The third-order valence-electron chi connectivity index (χ3n) is 3.58. The predicted molar refractivity (Wildman–Crippen MR) is 88.9 cm³/mol. The predicted octanol–water partition coefficient (Wildman–Crippen LogP) is 3.85. The second-order valence-corrected chi connectivity index (χ2v) is 5.75. The molecule has 0 spiro atoms. The first-order valence-corrected chi connectivity index (χ1v) is 7.57. The fourth-order valence-corrected chi connectivity index (χ4v) is 2.16. The van der Waals surface area contributed by atoms with Crippen LogP contribution in [0.1, 0.15) is 30.9 Å². The van der Waals surface area contributed by atoms with Crippen LogP contribution < -0.4 is 4.74 Å².